The third kappa shape index (κ3) is 3.05. The zero-order valence-electron chi connectivity index (χ0n) is 13.6. The average Bonchev–Trinajstić information content (AvgIpc) is 3.04. The van der Waals surface area contributed by atoms with Gasteiger partial charge in [-0.15, -0.1) is 0 Å². The Morgan fingerprint density at radius 1 is 1.35 bits per heavy atom. The Hall–Kier alpha value is -1.67. The van der Waals surface area contributed by atoms with E-state index in [9.17, 15) is 14.4 Å². The number of morpholine rings is 1. The van der Waals surface area contributed by atoms with Gasteiger partial charge in [-0.3, -0.25) is 14.5 Å². The molecule has 3 rings (SSSR count). The maximum Gasteiger partial charge on any atom is 0.325 e. The summed E-state index contributed by atoms with van der Waals surface area (Å²) in [5, 5.41) is 5.89. The van der Waals surface area contributed by atoms with Gasteiger partial charge in [-0.25, -0.2) is 4.79 Å². The third-order valence-electron chi connectivity index (χ3n) is 4.73. The number of carbonyl (C=O) groups is 3. The first-order valence-electron chi connectivity index (χ1n) is 8.16. The van der Waals surface area contributed by atoms with Gasteiger partial charge in [0.1, 0.15) is 5.54 Å². The fraction of sp³-hybridized carbons (Fsp3) is 0.800. The second-order valence-electron chi connectivity index (χ2n) is 6.84. The van der Waals surface area contributed by atoms with Gasteiger partial charge in [-0.1, -0.05) is 0 Å². The lowest BCUT2D eigenvalue weighted by Gasteiger charge is -2.37. The number of fused-ring (bicyclic) bond motifs is 1. The first-order chi connectivity index (χ1) is 10.9. The molecule has 2 atom stereocenters. The summed E-state index contributed by atoms with van der Waals surface area (Å²) in [5.74, 6) is -0.167. The fourth-order valence-electron chi connectivity index (χ4n) is 3.45. The predicted octanol–water partition coefficient (Wildman–Crippen LogP) is -0.704. The van der Waals surface area contributed by atoms with Gasteiger partial charge < -0.3 is 20.3 Å². The molecule has 3 aliphatic heterocycles. The van der Waals surface area contributed by atoms with E-state index in [4.69, 9.17) is 4.74 Å². The summed E-state index contributed by atoms with van der Waals surface area (Å²) >= 11 is 0. The summed E-state index contributed by atoms with van der Waals surface area (Å²) in [7, 11) is 0. The fourth-order valence-corrected chi connectivity index (χ4v) is 3.45. The minimum absolute atomic E-state index is 0.0679. The lowest BCUT2D eigenvalue weighted by Crippen LogP contribution is -2.53. The smallest absolute Gasteiger partial charge is 0.325 e. The van der Waals surface area contributed by atoms with E-state index >= 15 is 0 Å². The molecule has 0 aromatic rings. The highest BCUT2D eigenvalue weighted by molar-refractivity contribution is 6.06. The summed E-state index contributed by atoms with van der Waals surface area (Å²) in [6.45, 7) is 6.35. The van der Waals surface area contributed by atoms with E-state index in [2.05, 4.69) is 10.6 Å². The first kappa shape index (κ1) is 16.2. The highest BCUT2D eigenvalue weighted by Gasteiger charge is 2.44. The van der Waals surface area contributed by atoms with Crippen molar-refractivity contribution in [2.24, 2.45) is 0 Å². The van der Waals surface area contributed by atoms with E-state index in [1.165, 1.54) is 4.90 Å². The Bertz CT molecular complexity index is 522. The van der Waals surface area contributed by atoms with Crippen LogP contribution in [-0.4, -0.2) is 78.1 Å². The van der Waals surface area contributed by atoms with Crippen LogP contribution in [0, 0.1) is 0 Å². The van der Waals surface area contributed by atoms with Crippen LogP contribution in [0.3, 0.4) is 0 Å². The minimum atomic E-state index is -0.853. The molecule has 0 bridgehead atoms. The SMILES string of the molecule is CC1(C)NC(=O)N(CCCC(=O)N2CCO[C@H]3CNC[C@H]32)C1=O. The van der Waals surface area contributed by atoms with Crippen molar-refractivity contribution in [3.05, 3.63) is 0 Å². The second kappa shape index (κ2) is 6.09. The summed E-state index contributed by atoms with van der Waals surface area (Å²) in [4.78, 5) is 39.4. The lowest BCUT2D eigenvalue weighted by molar-refractivity contribution is -0.143. The topological polar surface area (TPSA) is 91.0 Å². The molecule has 0 saturated carbocycles. The van der Waals surface area contributed by atoms with E-state index in [1.807, 2.05) is 4.90 Å². The van der Waals surface area contributed by atoms with Crippen molar-refractivity contribution in [1.29, 1.82) is 0 Å². The molecule has 3 fully saturated rings. The van der Waals surface area contributed by atoms with Crippen LogP contribution in [0.1, 0.15) is 26.7 Å². The maximum absolute atomic E-state index is 12.4. The van der Waals surface area contributed by atoms with Crippen LogP contribution in [0.15, 0.2) is 0 Å². The highest BCUT2D eigenvalue weighted by atomic mass is 16.5. The summed E-state index contributed by atoms with van der Waals surface area (Å²) in [6, 6.07) is -0.272. The number of ether oxygens (including phenoxy) is 1. The Balaban J connectivity index is 1.50. The van der Waals surface area contributed by atoms with Crippen molar-refractivity contribution >= 4 is 17.8 Å². The average molecular weight is 324 g/mol. The Kier molecular flexibility index (Phi) is 4.29. The largest absolute Gasteiger partial charge is 0.373 e. The number of imide groups is 1. The number of urea groups is 1. The second-order valence-corrected chi connectivity index (χ2v) is 6.84. The van der Waals surface area contributed by atoms with Gasteiger partial charge in [0.15, 0.2) is 0 Å². The standard InChI is InChI=1S/C15H24N4O4/c1-15(2)13(21)19(14(22)17-15)5-3-4-12(20)18-6-7-23-11-9-16-8-10(11)18/h10-11,16H,3-9H2,1-2H3,(H,17,22)/t10-,11+/m1/s1. The predicted molar refractivity (Wildman–Crippen MR) is 81.7 cm³/mol. The molecule has 0 aromatic carbocycles. The first-order valence-corrected chi connectivity index (χ1v) is 8.16. The van der Waals surface area contributed by atoms with E-state index in [0.717, 1.165) is 13.1 Å². The molecule has 2 N–H and O–H groups in total. The van der Waals surface area contributed by atoms with Crippen LogP contribution in [0.5, 0.6) is 0 Å². The Morgan fingerprint density at radius 3 is 2.83 bits per heavy atom. The van der Waals surface area contributed by atoms with Crippen LogP contribution in [0.4, 0.5) is 4.79 Å². The van der Waals surface area contributed by atoms with Crippen LogP contribution >= 0.6 is 0 Å². The third-order valence-corrected chi connectivity index (χ3v) is 4.73. The van der Waals surface area contributed by atoms with Crippen molar-refractivity contribution in [2.45, 2.75) is 44.4 Å². The number of nitrogens with zero attached hydrogens (tertiary/aromatic N) is 2. The molecule has 0 spiro atoms. The molecule has 4 amide bonds. The molecule has 3 saturated heterocycles. The summed E-state index contributed by atoms with van der Waals surface area (Å²) in [6.07, 6.45) is 0.899. The van der Waals surface area contributed by atoms with Gasteiger partial charge in [0.25, 0.3) is 5.91 Å². The molecule has 23 heavy (non-hydrogen) atoms. The van der Waals surface area contributed by atoms with Crippen LogP contribution < -0.4 is 10.6 Å². The van der Waals surface area contributed by atoms with E-state index in [1.54, 1.807) is 13.8 Å². The maximum atomic E-state index is 12.4. The molecule has 8 nitrogen and oxygen atoms in total. The van der Waals surface area contributed by atoms with Crippen molar-refractivity contribution in [3.8, 4) is 0 Å². The molecule has 0 unspecified atom stereocenters. The molecule has 3 aliphatic rings. The van der Waals surface area contributed by atoms with Crippen molar-refractivity contribution < 1.29 is 19.1 Å². The highest BCUT2D eigenvalue weighted by Crippen LogP contribution is 2.20. The number of amides is 4. The van der Waals surface area contributed by atoms with Crippen LogP contribution in [0.25, 0.3) is 0 Å². The van der Waals surface area contributed by atoms with Crippen molar-refractivity contribution in [3.63, 3.8) is 0 Å². The molecule has 128 valence electrons. The number of hydrogen-bond acceptors (Lipinski definition) is 5. The molecule has 0 radical (unpaired) electrons. The van der Waals surface area contributed by atoms with Gasteiger partial charge >= 0.3 is 6.03 Å². The van der Waals surface area contributed by atoms with Gasteiger partial charge in [0.2, 0.25) is 5.91 Å². The quantitative estimate of drug-likeness (QED) is 0.667. The molecule has 0 aromatic heterocycles. The summed E-state index contributed by atoms with van der Waals surface area (Å²) < 4.78 is 5.66. The number of nitrogens with one attached hydrogen (secondary N) is 2. The van der Waals surface area contributed by atoms with Gasteiger partial charge in [-0.2, -0.15) is 0 Å². The zero-order chi connectivity index (χ0) is 16.6. The van der Waals surface area contributed by atoms with E-state index < -0.39 is 5.54 Å². The summed E-state index contributed by atoms with van der Waals surface area (Å²) in [5.41, 5.74) is -0.853. The lowest BCUT2D eigenvalue weighted by atomic mass is 10.1. The van der Waals surface area contributed by atoms with Gasteiger partial charge in [0, 0.05) is 32.6 Å². The zero-order valence-corrected chi connectivity index (χ0v) is 13.6. The monoisotopic (exact) mass is 324 g/mol. The van der Waals surface area contributed by atoms with Gasteiger partial charge in [0.05, 0.1) is 18.8 Å². The number of rotatable bonds is 4. The molecular weight excluding hydrogens is 300 g/mol. The molecular formula is C15H24N4O4. The Labute approximate surface area is 135 Å². The Morgan fingerprint density at radius 2 is 2.13 bits per heavy atom. The molecule has 0 aliphatic carbocycles. The minimum Gasteiger partial charge on any atom is -0.373 e. The normalized spacial score (nSPS) is 29.7. The van der Waals surface area contributed by atoms with Crippen LogP contribution in [-0.2, 0) is 14.3 Å². The van der Waals surface area contributed by atoms with E-state index in [0.29, 0.717) is 26.0 Å². The van der Waals surface area contributed by atoms with Crippen molar-refractivity contribution in [2.75, 3.05) is 32.8 Å². The molecule has 8 heteroatoms. The number of hydrogen-bond donors (Lipinski definition) is 2. The molecule has 3 heterocycles. The number of carbonyl (C=O) groups excluding carboxylic acids is 3. The van der Waals surface area contributed by atoms with Crippen LogP contribution in [0.2, 0.25) is 0 Å². The van der Waals surface area contributed by atoms with Gasteiger partial charge in [-0.05, 0) is 20.3 Å². The van der Waals surface area contributed by atoms with E-state index in [-0.39, 0.29) is 36.5 Å². The van der Waals surface area contributed by atoms with Crippen molar-refractivity contribution in [1.82, 2.24) is 20.4 Å².